The number of halogens is 1. The number of likely N-dealkylation sites (tertiary alicyclic amines) is 1. The maximum Gasteiger partial charge on any atom is 0.241 e. The molecular weight excluding hydrogens is 466 g/mol. The highest BCUT2D eigenvalue weighted by molar-refractivity contribution is 6.34. The van der Waals surface area contributed by atoms with Gasteiger partial charge < -0.3 is 20.6 Å². The number of nitriles is 2. The highest BCUT2D eigenvalue weighted by Crippen LogP contribution is 2.38. The van der Waals surface area contributed by atoms with Crippen molar-refractivity contribution in [3.63, 3.8) is 0 Å². The molecule has 10 nitrogen and oxygen atoms in total. The summed E-state index contributed by atoms with van der Waals surface area (Å²) in [6.07, 6.45) is 5.15. The second-order valence-corrected chi connectivity index (χ2v) is 9.66. The first-order valence-electron chi connectivity index (χ1n) is 11.8. The molecule has 3 N–H and O–H groups in total. The van der Waals surface area contributed by atoms with Gasteiger partial charge in [-0.3, -0.25) is 4.40 Å². The lowest BCUT2D eigenvalue weighted by Crippen LogP contribution is -2.37. The number of nitrogens with zero attached hydrogens (tertiary/aromatic N) is 7. The van der Waals surface area contributed by atoms with Crippen LogP contribution in [0.1, 0.15) is 55.3 Å². The quantitative estimate of drug-likeness (QED) is 0.453. The van der Waals surface area contributed by atoms with Gasteiger partial charge in [-0.15, -0.1) is 0 Å². The summed E-state index contributed by atoms with van der Waals surface area (Å²) in [4.78, 5) is 15.6. The van der Waals surface area contributed by atoms with E-state index < -0.39 is 0 Å². The van der Waals surface area contributed by atoms with Crippen LogP contribution in [0.3, 0.4) is 0 Å². The first-order chi connectivity index (χ1) is 16.9. The standard InChI is InChI=1S/C24H26ClN9O/c1-14(35)12-33-6-4-16(5-7-33)19-8-15(10-26)9-20(21(19)25)30-22-31-23(28-17-2-3-17)34-13-18(11-27)29-24(34)32-22/h8-9,13-14,16-17,35H,2-7,12H2,1H3,(H2,28,29,30,31,32). The van der Waals surface area contributed by atoms with Gasteiger partial charge >= 0.3 is 0 Å². The number of fused-ring (bicyclic) bond motifs is 1. The summed E-state index contributed by atoms with van der Waals surface area (Å²) in [5, 5.41) is 35.7. The summed E-state index contributed by atoms with van der Waals surface area (Å²) in [5.41, 5.74) is 2.24. The molecule has 0 amide bonds. The predicted molar refractivity (Wildman–Crippen MR) is 132 cm³/mol. The molecule has 1 saturated heterocycles. The molecule has 1 aliphatic carbocycles. The van der Waals surface area contributed by atoms with Gasteiger partial charge in [-0.1, -0.05) is 11.6 Å². The number of hydrogen-bond acceptors (Lipinski definition) is 9. The summed E-state index contributed by atoms with van der Waals surface area (Å²) < 4.78 is 1.67. The minimum Gasteiger partial charge on any atom is -0.392 e. The van der Waals surface area contributed by atoms with Gasteiger partial charge in [0.1, 0.15) is 6.07 Å². The summed E-state index contributed by atoms with van der Waals surface area (Å²) in [6.45, 7) is 4.18. The van der Waals surface area contributed by atoms with Gasteiger partial charge in [-0.25, -0.2) is 0 Å². The van der Waals surface area contributed by atoms with Crippen molar-refractivity contribution < 1.29 is 5.11 Å². The largest absolute Gasteiger partial charge is 0.392 e. The molecule has 2 fully saturated rings. The molecule has 0 bridgehead atoms. The first-order valence-corrected chi connectivity index (χ1v) is 12.2. The van der Waals surface area contributed by atoms with E-state index in [-0.39, 0.29) is 23.7 Å². The molecule has 1 aliphatic heterocycles. The Hall–Kier alpha value is -3.44. The molecule has 1 aromatic carbocycles. The summed E-state index contributed by atoms with van der Waals surface area (Å²) in [7, 11) is 0. The third-order valence-corrected chi connectivity index (χ3v) is 6.81. The van der Waals surface area contributed by atoms with Gasteiger partial charge in [0, 0.05) is 12.6 Å². The molecule has 3 heterocycles. The monoisotopic (exact) mass is 491 g/mol. The molecule has 11 heteroatoms. The van der Waals surface area contributed by atoms with Gasteiger partial charge in [0.05, 0.1) is 34.6 Å². The summed E-state index contributed by atoms with van der Waals surface area (Å²) in [6, 6.07) is 8.17. The minimum atomic E-state index is -0.358. The van der Waals surface area contributed by atoms with Crippen molar-refractivity contribution in [1.29, 1.82) is 10.5 Å². The fourth-order valence-corrected chi connectivity index (χ4v) is 4.83. The number of aromatic nitrogens is 4. The third-order valence-electron chi connectivity index (χ3n) is 6.38. The fourth-order valence-electron chi connectivity index (χ4n) is 4.52. The van der Waals surface area contributed by atoms with E-state index >= 15 is 0 Å². The van der Waals surface area contributed by atoms with E-state index in [1.165, 1.54) is 0 Å². The Kier molecular flexibility index (Phi) is 6.44. The Labute approximate surface area is 208 Å². The Morgan fingerprint density at radius 3 is 2.57 bits per heavy atom. The number of hydrogen-bond donors (Lipinski definition) is 3. The molecule has 1 saturated carbocycles. The number of nitrogens with one attached hydrogen (secondary N) is 2. The molecule has 2 aliphatic rings. The van der Waals surface area contributed by atoms with Crippen LogP contribution in [-0.2, 0) is 0 Å². The molecule has 0 radical (unpaired) electrons. The lowest BCUT2D eigenvalue weighted by Gasteiger charge is -2.33. The van der Waals surface area contributed by atoms with Crippen molar-refractivity contribution in [2.24, 2.45) is 0 Å². The number of anilines is 3. The average molecular weight is 492 g/mol. The van der Waals surface area contributed by atoms with E-state index in [0.29, 0.717) is 40.6 Å². The second-order valence-electron chi connectivity index (χ2n) is 9.29. The van der Waals surface area contributed by atoms with E-state index in [0.717, 1.165) is 44.3 Å². The van der Waals surface area contributed by atoms with Crippen LogP contribution in [0.4, 0.5) is 17.6 Å². The van der Waals surface area contributed by atoms with Crippen LogP contribution in [-0.4, -0.2) is 61.1 Å². The van der Waals surface area contributed by atoms with Crippen molar-refractivity contribution in [2.75, 3.05) is 30.3 Å². The van der Waals surface area contributed by atoms with Crippen molar-refractivity contribution in [1.82, 2.24) is 24.3 Å². The minimum absolute atomic E-state index is 0.211. The number of aliphatic hydroxyl groups is 1. The van der Waals surface area contributed by atoms with Crippen molar-refractivity contribution in [3.05, 3.63) is 40.2 Å². The number of β-amino-alcohol motifs (C(OH)–C–C–N with tert-alkyl or cyclic N) is 1. The Balaban J connectivity index is 1.44. The Morgan fingerprint density at radius 2 is 1.91 bits per heavy atom. The van der Waals surface area contributed by atoms with Gasteiger partial charge in [-0.2, -0.15) is 25.5 Å². The van der Waals surface area contributed by atoms with E-state index in [2.05, 4.69) is 36.6 Å². The Bertz CT molecular complexity index is 1330. The van der Waals surface area contributed by atoms with Gasteiger partial charge in [0.2, 0.25) is 17.7 Å². The molecule has 1 unspecified atom stereocenters. The van der Waals surface area contributed by atoms with Crippen molar-refractivity contribution >= 4 is 35.0 Å². The van der Waals surface area contributed by atoms with E-state index in [1.807, 2.05) is 12.1 Å². The van der Waals surface area contributed by atoms with Crippen LogP contribution < -0.4 is 10.6 Å². The zero-order chi connectivity index (χ0) is 24.5. The van der Waals surface area contributed by atoms with Crippen LogP contribution in [0.25, 0.3) is 5.78 Å². The number of aliphatic hydroxyl groups excluding tert-OH is 1. The normalized spacial score (nSPS) is 17.6. The van der Waals surface area contributed by atoms with E-state index in [1.54, 1.807) is 23.6 Å². The molecule has 3 aromatic rings. The second kappa shape index (κ2) is 9.67. The predicted octanol–water partition coefficient (Wildman–Crippen LogP) is 3.40. The van der Waals surface area contributed by atoms with Crippen molar-refractivity contribution in [2.45, 2.75) is 50.7 Å². The number of rotatable bonds is 7. The van der Waals surface area contributed by atoms with E-state index in [9.17, 15) is 15.6 Å². The van der Waals surface area contributed by atoms with Gasteiger partial charge in [-0.05, 0) is 69.3 Å². The lowest BCUT2D eigenvalue weighted by molar-refractivity contribution is 0.109. The lowest BCUT2D eigenvalue weighted by atomic mass is 9.88. The molecular formula is C24H26ClN9O. The third kappa shape index (κ3) is 5.15. The number of benzene rings is 1. The number of piperidine rings is 1. The van der Waals surface area contributed by atoms with Crippen LogP contribution in [0.5, 0.6) is 0 Å². The van der Waals surface area contributed by atoms with Crippen LogP contribution in [0.2, 0.25) is 5.02 Å². The molecule has 5 rings (SSSR count). The van der Waals surface area contributed by atoms with Crippen LogP contribution >= 0.6 is 11.6 Å². The molecule has 2 aromatic heterocycles. The smallest absolute Gasteiger partial charge is 0.241 e. The number of imidazole rings is 1. The highest BCUT2D eigenvalue weighted by Gasteiger charge is 2.26. The first kappa shape index (κ1) is 23.3. The maximum absolute atomic E-state index is 9.68. The Morgan fingerprint density at radius 1 is 1.14 bits per heavy atom. The van der Waals surface area contributed by atoms with Crippen molar-refractivity contribution in [3.8, 4) is 12.1 Å². The molecule has 35 heavy (non-hydrogen) atoms. The molecule has 1 atom stereocenters. The topological polar surface area (TPSA) is 138 Å². The molecule has 0 spiro atoms. The zero-order valence-electron chi connectivity index (χ0n) is 19.4. The highest BCUT2D eigenvalue weighted by atomic mass is 35.5. The average Bonchev–Trinajstić information content (AvgIpc) is 3.56. The van der Waals surface area contributed by atoms with Crippen LogP contribution in [0, 0.1) is 22.7 Å². The maximum atomic E-state index is 9.68. The van der Waals surface area contributed by atoms with E-state index in [4.69, 9.17) is 11.6 Å². The van der Waals surface area contributed by atoms with Gasteiger partial charge in [0.15, 0.2) is 5.69 Å². The molecule has 180 valence electrons. The fraction of sp³-hybridized carbons (Fsp3) is 0.458. The summed E-state index contributed by atoms with van der Waals surface area (Å²) in [5.74, 6) is 1.39. The summed E-state index contributed by atoms with van der Waals surface area (Å²) >= 11 is 6.86. The SMILES string of the molecule is CC(O)CN1CCC(c2cc(C#N)cc(Nc3nc(NC4CC4)n4cc(C#N)nc4n3)c2Cl)CC1. The van der Waals surface area contributed by atoms with Crippen LogP contribution in [0.15, 0.2) is 18.3 Å². The van der Waals surface area contributed by atoms with Gasteiger partial charge in [0.25, 0.3) is 0 Å². The zero-order valence-corrected chi connectivity index (χ0v) is 20.1.